The van der Waals surface area contributed by atoms with Gasteiger partial charge < -0.3 is 20.2 Å². The molecule has 0 spiro atoms. The summed E-state index contributed by atoms with van der Waals surface area (Å²) < 4.78 is 39.1. The zero-order valence-electron chi connectivity index (χ0n) is 22.1. The van der Waals surface area contributed by atoms with Gasteiger partial charge in [-0.15, -0.1) is 0 Å². The Kier molecular flexibility index (Phi) is 8.59. The number of nitrogen functional groups attached to an aromatic ring is 1. The molecule has 1 unspecified atom stereocenters. The molecular weight excluding hydrogens is 514 g/mol. The Bertz CT molecular complexity index is 1660. The molecule has 0 aliphatic heterocycles. The van der Waals surface area contributed by atoms with Crippen molar-refractivity contribution >= 4 is 32.5 Å². The number of fused-ring (bicyclic) bond motifs is 1. The summed E-state index contributed by atoms with van der Waals surface area (Å²) in [7, 11) is -1.05. The number of benzene rings is 3. The molecule has 9 heteroatoms. The molecule has 0 aliphatic rings. The Labute approximate surface area is 228 Å². The van der Waals surface area contributed by atoms with Crippen LogP contribution in [0.25, 0.3) is 10.9 Å². The van der Waals surface area contributed by atoms with Crippen molar-refractivity contribution in [3.8, 4) is 17.6 Å². The fourth-order valence-corrected chi connectivity index (χ4v) is 5.54. The molecule has 0 fully saturated rings. The predicted molar refractivity (Wildman–Crippen MR) is 152 cm³/mol. The zero-order valence-corrected chi connectivity index (χ0v) is 22.9. The Balaban J connectivity index is 1.57. The van der Waals surface area contributed by atoms with Crippen LogP contribution in [0.15, 0.2) is 71.8 Å². The van der Waals surface area contributed by atoms with Gasteiger partial charge in [-0.1, -0.05) is 37.0 Å². The highest BCUT2D eigenvalue weighted by molar-refractivity contribution is 7.90. The predicted octanol–water partition coefficient (Wildman–Crippen LogP) is 4.81. The number of anilines is 1. The first-order chi connectivity index (χ1) is 18.7. The Morgan fingerprint density at radius 1 is 1.08 bits per heavy atom. The standard InChI is InChI=1S/C30H31N3O5S/c1-20(26-19-32-27-15-13-23(31)18-25(26)27)24-14-12-22(17-28(24)38-3)30(34)33-39(35,36)29-11-7-6-10-21(29)9-5-4-8-16-37-2/h6-7,10-15,17-20,32H,4,8,16,31H2,1-3H3,(H,33,34). The molecule has 202 valence electrons. The number of carbonyl (C=O) groups excluding carboxylic acids is 1. The average molecular weight is 546 g/mol. The summed E-state index contributed by atoms with van der Waals surface area (Å²) >= 11 is 0. The number of H-pyrrole nitrogens is 1. The van der Waals surface area contributed by atoms with E-state index < -0.39 is 15.9 Å². The molecule has 0 saturated carbocycles. The molecule has 1 heterocycles. The molecule has 0 aliphatic carbocycles. The van der Waals surface area contributed by atoms with Crippen LogP contribution in [-0.2, 0) is 14.8 Å². The minimum atomic E-state index is -4.18. The quantitative estimate of drug-likeness (QED) is 0.158. The van der Waals surface area contributed by atoms with E-state index in [1.54, 1.807) is 43.5 Å². The number of nitrogens with one attached hydrogen (secondary N) is 2. The van der Waals surface area contributed by atoms with Crippen molar-refractivity contribution in [1.29, 1.82) is 0 Å². The lowest BCUT2D eigenvalue weighted by atomic mass is 9.91. The van der Waals surface area contributed by atoms with E-state index in [-0.39, 0.29) is 16.4 Å². The summed E-state index contributed by atoms with van der Waals surface area (Å²) in [6.45, 7) is 2.60. The molecular formula is C30H31N3O5S. The van der Waals surface area contributed by atoms with Gasteiger partial charge in [-0.25, -0.2) is 13.1 Å². The largest absolute Gasteiger partial charge is 0.496 e. The fraction of sp³-hybridized carbons (Fsp3) is 0.233. The number of methoxy groups -OCH3 is 2. The lowest BCUT2D eigenvalue weighted by Gasteiger charge is -2.17. The molecule has 4 aromatic rings. The van der Waals surface area contributed by atoms with Gasteiger partial charge in [-0.05, 0) is 54.4 Å². The molecule has 4 N–H and O–H groups in total. The van der Waals surface area contributed by atoms with Crippen LogP contribution in [0.1, 0.15) is 52.7 Å². The Morgan fingerprint density at radius 2 is 1.87 bits per heavy atom. The fourth-order valence-electron chi connectivity index (χ4n) is 4.40. The second-order valence-corrected chi connectivity index (χ2v) is 10.7. The normalized spacial score (nSPS) is 12.0. The van der Waals surface area contributed by atoms with Crippen LogP contribution in [-0.4, -0.2) is 40.1 Å². The van der Waals surface area contributed by atoms with Crippen LogP contribution in [0.4, 0.5) is 5.69 Å². The molecule has 1 amide bonds. The highest BCUT2D eigenvalue weighted by Crippen LogP contribution is 2.36. The van der Waals surface area contributed by atoms with Crippen molar-refractivity contribution in [3.63, 3.8) is 0 Å². The van der Waals surface area contributed by atoms with Crippen molar-refractivity contribution in [3.05, 3.63) is 89.1 Å². The number of ether oxygens (including phenoxy) is 2. The van der Waals surface area contributed by atoms with Crippen molar-refractivity contribution in [2.45, 2.75) is 30.6 Å². The number of nitrogens with two attached hydrogens (primary N) is 1. The van der Waals surface area contributed by atoms with Crippen LogP contribution in [0.3, 0.4) is 0 Å². The van der Waals surface area contributed by atoms with Crippen molar-refractivity contribution < 1.29 is 22.7 Å². The second kappa shape index (κ2) is 12.1. The van der Waals surface area contributed by atoms with Crippen LogP contribution >= 0.6 is 0 Å². The van der Waals surface area contributed by atoms with Gasteiger partial charge in [-0.2, -0.15) is 0 Å². The molecule has 1 atom stereocenters. The van der Waals surface area contributed by atoms with Gasteiger partial charge in [0.2, 0.25) is 0 Å². The molecule has 3 aromatic carbocycles. The van der Waals surface area contributed by atoms with Gasteiger partial charge >= 0.3 is 0 Å². The van der Waals surface area contributed by atoms with Crippen LogP contribution in [0.5, 0.6) is 5.75 Å². The van der Waals surface area contributed by atoms with E-state index in [1.807, 2.05) is 31.3 Å². The number of amides is 1. The van der Waals surface area contributed by atoms with Gasteiger partial charge in [0.25, 0.3) is 15.9 Å². The van der Waals surface area contributed by atoms with Gasteiger partial charge in [0, 0.05) is 65.5 Å². The third-order valence-electron chi connectivity index (χ3n) is 6.44. The van der Waals surface area contributed by atoms with E-state index in [1.165, 1.54) is 13.2 Å². The SMILES string of the molecule is COCCCC#Cc1ccccc1S(=O)(=O)NC(=O)c1ccc(C(C)c2c[nH]c3ccc(N)cc23)c(OC)c1. The number of aromatic nitrogens is 1. The number of aromatic amines is 1. The monoisotopic (exact) mass is 545 g/mol. The molecule has 1 aromatic heterocycles. The smallest absolute Gasteiger partial charge is 0.265 e. The lowest BCUT2D eigenvalue weighted by molar-refractivity contribution is 0.0981. The molecule has 39 heavy (non-hydrogen) atoms. The lowest BCUT2D eigenvalue weighted by Crippen LogP contribution is -2.31. The summed E-state index contributed by atoms with van der Waals surface area (Å²) in [6.07, 6.45) is 3.23. The van der Waals surface area contributed by atoms with Crippen molar-refractivity contribution in [2.75, 3.05) is 26.6 Å². The van der Waals surface area contributed by atoms with E-state index in [0.717, 1.165) is 28.5 Å². The maximum absolute atomic E-state index is 13.1. The average Bonchev–Trinajstić information content (AvgIpc) is 3.35. The summed E-state index contributed by atoms with van der Waals surface area (Å²) in [5.74, 6) is 5.46. The first kappa shape index (κ1) is 27.8. The van der Waals surface area contributed by atoms with Gasteiger partial charge in [-0.3, -0.25) is 4.79 Å². The van der Waals surface area contributed by atoms with Crippen LogP contribution in [0, 0.1) is 11.8 Å². The number of hydrogen-bond acceptors (Lipinski definition) is 6. The highest BCUT2D eigenvalue weighted by Gasteiger charge is 2.23. The van der Waals surface area contributed by atoms with Gasteiger partial charge in [0.1, 0.15) is 10.6 Å². The van der Waals surface area contributed by atoms with Crippen molar-refractivity contribution in [1.82, 2.24) is 9.71 Å². The van der Waals surface area contributed by atoms with E-state index in [9.17, 15) is 13.2 Å². The minimum Gasteiger partial charge on any atom is -0.496 e. The Hall–Kier alpha value is -4.26. The van der Waals surface area contributed by atoms with E-state index in [4.69, 9.17) is 15.2 Å². The molecule has 0 saturated heterocycles. The third-order valence-corrected chi connectivity index (χ3v) is 7.83. The first-order valence-corrected chi connectivity index (χ1v) is 13.9. The van der Waals surface area contributed by atoms with Gasteiger partial charge in [0.05, 0.1) is 7.11 Å². The maximum atomic E-state index is 13.1. The summed E-state index contributed by atoms with van der Waals surface area (Å²) in [4.78, 5) is 16.2. The maximum Gasteiger partial charge on any atom is 0.265 e. The molecule has 8 nitrogen and oxygen atoms in total. The minimum absolute atomic E-state index is 0.0617. The van der Waals surface area contributed by atoms with Crippen molar-refractivity contribution in [2.24, 2.45) is 0 Å². The number of carbonyl (C=O) groups is 1. The topological polar surface area (TPSA) is 124 Å². The first-order valence-electron chi connectivity index (χ1n) is 12.4. The van der Waals surface area contributed by atoms with E-state index >= 15 is 0 Å². The summed E-state index contributed by atoms with van der Waals surface area (Å²) in [6, 6.07) is 16.9. The number of unbranched alkanes of at least 4 members (excludes halogenated alkanes) is 1. The number of sulfonamides is 1. The summed E-state index contributed by atoms with van der Waals surface area (Å²) in [5.41, 5.74) is 9.96. The second-order valence-electron chi connectivity index (χ2n) is 9.06. The van der Waals surface area contributed by atoms with Gasteiger partial charge in [0.15, 0.2) is 0 Å². The molecule has 4 rings (SSSR count). The van der Waals surface area contributed by atoms with Crippen LogP contribution < -0.4 is 15.2 Å². The molecule has 0 radical (unpaired) electrons. The number of rotatable bonds is 9. The third kappa shape index (κ3) is 6.25. The van der Waals surface area contributed by atoms with Crippen LogP contribution in [0.2, 0.25) is 0 Å². The highest BCUT2D eigenvalue weighted by atomic mass is 32.2. The Morgan fingerprint density at radius 3 is 2.64 bits per heavy atom. The molecule has 0 bridgehead atoms. The zero-order chi connectivity index (χ0) is 28.0. The number of hydrogen-bond donors (Lipinski definition) is 3. The van der Waals surface area contributed by atoms with E-state index in [0.29, 0.717) is 30.0 Å². The van der Waals surface area contributed by atoms with E-state index in [2.05, 4.69) is 21.5 Å². The summed E-state index contributed by atoms with van der Waals surface area (Å²) in [5, 5.41) is 0.998.